The predicted octanol–water partition coefficient (Wildman–Crippen LogP) is 0.506. The van der Waals surface area contributed by atoms with E-state index in [1.54, 1.807) is 24.3 Å². The van der Waals surface area contributed by atoms with Gasteiger partial charge in [0.15, 0.2) is 0 Å². The molecule has 2 N–H and O–H groups in total. The molecule has 86 valence electrons. The third-order valence-electron chi connectivity index (χ3n) is 3.67. The van der Waals surface area contributed by atoms with E-state index in [-0.39, 0.29) is 5.91 Å². The van der Waals surface area contributed by atoms with Crippen LogP contribution in [0.2, 0.25) is 0 Å². The molecule has 1 saturated heterocycles. The molecule has 4 heteroatoms. The van der Waals surface area contributed by atoms with E-state index in [4.69, 9.17) is 5.26 Å². The first-order valence-electron chi connectivity index (χ1n) is 5.81. The molecule has 0 radical (unpaired) electrons. The van der Waals surface area contributed by atoms with Crippen molar-refractivity contribution in [1.29, 1.82) is 5.26 Å². The number of benzene rings is 1. The van der Waals surface area contributed by atoms with Crippen molar-refractivity contribution in [2.75, 3.05) is 13.1 Å². The first kappa shape index (κ1) is 10.3. The molecule has 1 aliphatic carbocycles. The molecule has 2 unspecified atom stereocenters. The maximum absolute atomic E-state index is 11.9. The van der Waals surface area contributed by atoms with Gasteiger partial charge in [-0.15, -0.1) is 0 Å². The number of hydrogen-bond donors (Lipinski definition) is 2. The first-order chi connectivity index (χ1) is 8.29. The van der Waals surface area contributed by atoms with Crippen LogP contribution in [0.25, 0.3) is 0 Å². The number of fused-ring (bicyclic) bond motifs is 1. The molecular weight excluding hydrogens is 214 g/mol. The number of nitriles is 1. The Morgan fingerprint density at radius 2 is 1.94 bits per heavy atom. The van der Waals surface area contributed by atoms with Gasteiger partial charge >= 0.3 is 0 Å². The third-order valence-corrected chi connectivity index (χ3v) is 3.67. The minimum Gasteiger partial charge on any atom is -0.349 e. The molecule has 0 spiro atoms. The van der Waals surface area contributed by atoms with E-state index < -0.39 is 0 Å². The second kappa shape index (κ2) is 3.86. The molecule has 17 heavy (non-hydrogen) atoms. The normalized spacial score (nSPS) is 29.2. The van der Waals surface area contributed by atoms with Crippen molar-refractivity contribution >= 4 is 5.91 Å². The van der Waals surface area contributed by atoms with Crippen LogP contribution in [0.3, 0.4) is 0 Å². The lowest BCUT2D eigenvalue weighted by molar-refractivity contribution is 0.0946. The molecular formula is C13H13N3O. The molecule has 0 aromatic heterocycles. The summed E-state index contributed by atoms with van der Waals surface area (Å²) in [6, 6.07) is 9.12. The van der Waals surface area contributed by atoms with Crippen molar-refractivity contribution in [3.8, 4) is 6.07 Å². The minimum atomic E-state index is -0.0334. The van der Waals surface area contributed by atoms with Gasteiger partial charge in [-0.05, 0) is 36.1 Å². The van der Waals surface area contributed by atoms with E-state index in [0.717, 1.165) is 13.1 Å². The van der Waals surface area contributed by atoms with E-state index in [1.165, 1.54) is 0 Å². The molecule has 1 aromatic rings. The summed E-state index contributed by atoms with van der Waals surface area (Å²) in [4.78, 5) is 11.9. The van der Waals surface area contributed by atoms with E-state index in [9.17, 15) is 4.79 Å². The molecule has 0 bridgehead atoms. The minimum absolute atomic E-state index is 0.0334. The monoisotopic (exact) mass is 227 g/mol. The topological polar surface area (TPSA) is 64.9 Å². The molecule has 2 aliphatic rings. The summed E-state index contributed by atoms with van der Waals surface area (Å²) in [5.74, 6) is 1.21. The molecule has 1 saturated carbocycles. The van der Waals surface area contributed by atoms with Crippen molar-refractivity contribution in [2.24, 2.45) is 11.8 Å². The van der Waals surface area contributed by atoms with Crippen LogP contribution >= 0.6 is 0 Å². The van der Waals surface area contributed by atoms with Gasteiger partial charge in [0, 0.05) is 24.7 Å². The Balaban J connectivity index is 1.64. The van der Waals surface area contributed by atoms with Crippen molar-refractivity contribution in [2.45, 2.75) is 6.04 Å². The third kappa shape index (κ3) is 1.79. The fourth-order valence-electron chi connectivity index (χ4n) is 2.56. The molecule has 2 atom stereocenters. The van der Waals surface area contributed by atoms with Gasteiger partial charge in [0.1, 0.15) is 0 Å². The van der Waals surface area contributed by atoms with Gasteiger partial charge in [-0.1, -0.05) is 0 Å². The van der Waals surface area contributed by atoms with Crippen LogP contribution in [0.1, 0.15) is 15.9 Å². The standard InChI is InChI=1S/C13H13N3O/c14-5-8-1-3-9(4-2-8)13(17)16-12-10-6-15-7-11(10)12/h1-4,10-12,15H,6-7H2,(H,16,17). The Morgan fingerprint density at radius 1 is 1.29 bits per heavy atom. The van der Waals surface area contributed by atoms with Crippen LogP contribution < -0.4 is 10.6 Å². The molecule has 4 nitrogen and oxygen atoms in total. The number of carbonyl (C=O) groups excluding carboxylic acids is 1. The van der Waals surface area contributed by atoms with Gasteiger partial charge in [-0.25, -0.2) is 0 Å². The Kier molecular flexibility index (Phi) is 2.34. The second-order valence-electron chi connectivity index (χ2n) is 4.67. The Bertz CT molecular complexity index is 478. The summed E-state index contributed by atoms with van der Waals surface area (Å²) in [7, 11) is 0. The summed E-state index contributed by atoms with van der Waals surface area (Å²) in [6.07, 6.45) is 0. The Morgan fingerprint density at radius 3 is 2.53 bits per heavy atom. The SMILES string of the molecule is N#Cc1ccc(C(=O)NC2C3CNCC32)cc1. The first-order valence-corrected chi connectivity index (χ1v) is 5.81. The van der Waals surface area contributed by atoms with Crippen molar-refractivity contribution in [1.82, 2.24) is 10.6 Å². The molecule has 1 amide bonds. The Hall–Kier alpha value is -1.86. The number of nitrogens with zero attached hydrogens (tertiary/aromatic N) is 1. The van der Waals surface area contributed by atoms with E-state index in [1.807, 2.05) is 6.07 Å². The zero-order valence-corrected chi connectivity index (χ0v) is 9.31. The number of rotatable bonds is 2. The van der Waals surface area contributed by atoms with Crippen molar-refractivity contribution < 1.29 is 4.79 Å². The lowest BCUT2D eigenvalue weighted by Gasteiger charge is -2.07. The van der Waals surface area contributed by atoms with E-state index >= 15 is 0 Å². The zero-order valence-electron chi connectivity index (χ0n) is 9.31. The van der Waals surface area contributed by atoms with Gasteiger partial charge in [-0.3, -0.25) is 4.79 Å². The maximum atomic E-state index is 11.9. The number of amides is 1. The molecule has 3 rings (SSSR count). The lowest BCUT2D eigenvalue weighted by atomic mass is 10.1. The fraction of sp³-hybridized carbons (Fsp3) is 0.385. The van der Waals surface area contributed by atoms with Gasteiger partial charge in [-0.2, -0.15) is 5.26 Å². The highest BCUT2D eigenvalue weighted by Crippen LogP contribution is 2.41. The fourth-order valence-corrected chi connectivity index (χ4v) is 2.56. The second-order valence-corrected chi connectivity index (χ2v) is 4.67. The summed E-state index contributed by atoms with van der Waals surface area (Å²) in [5, 5.41) is 15.0. The molecule has 2 fully saturated rings. The average molecular weight is 227 g/mol. The van der Waals surface area contributed by atoms with Gasteiger partial charge in [0.25, 0.3) is 5.91 Å². The maximum Gasteiger partial charge on any atom is 0.251 e. The quantitative estimate of drug-likeness (QED) is 0.773. The Labute approximate surface area is 99.6 Å². The highest BCUT2D eigenvalue weighted by atomic mass is 16.1. The van der Waals surface area contributed by atoms with Crippen LogP contribution in [0.5, 0.6) is 0 Å². The van der Waals surface area contributed by atoms with Crippen LogP contribution in [0, 0.1) is 23.2 Å². The van der Waals surface area contributed by atoms with E-state index in [2.05, 4.69) is 10.6 Å². The highest BCUT2D eigenvalue weighted by molar-refractivity contribution is 5.94. The number of carbonyl (C=O) groups is 1. The summed E-state index contributed by atoms with van der Waals surface area (Å²) in [6.45, 7) is 2.03. The summed E-state index contributed by atoms with van der Waals surface area (Å²) < 4.78 is 0. The summed E-state index contributed by atoms with van der Waals surface area (Å²) in [5.41, 5.74) is 1.20. The van der Waals surface area contributed by atoms with Gasteiger partial charge in [0.2, 0.25) is 0 Å². The average Bonchev–Trinajstić information content (AvgIpc) is 2.80. The predicted molar refractivity (Wildman–Crippen MR) is 62.3 cm³/mol. The largest absolute Gasteiger partial charge is 0.349 e. The summed E-state index contributed by atoms with van der Waals surface area (Å²) >= 11 is 0. The number of piperidine rings is 1. The van der Waals surface area contributed by atoms with Gasteiger partial charge < -0.3 is 10.6 Å². The molecule has 1 heterocycles. The van der Waals surface area contributed by atoms with Crippen LogP contribution in [-0.2, 0) is 0 Å². The number of hydrogen-bond acceptors (Lipinski definition) is 3. The molecule has 1 aliphatic heterocycles. The zero-order chi connectivity index (χ0) is 11.8. The van der Waals surface area contributed by atoms with Crippen LogP contribution in [0.4, 0.5) is 0 Å². The smallest absolute Gasteiger partial charge is 0.251 e. The lowest BCUT2D eigenvalue weighted by Crippen LogP contribution is -2.32. The van der Waals surface area contributed by atoms with Crippen molar-refractivity contribution in [3.63, 3.8) is 0 Å². The number of nitrogens with one attached hydrogen (secondary N) is 2. The molecule has 1 aromatic carbocycles. The van der Waals surface area contributed by atoms with Crippen LogP contribution in [-0.4, -0.2) is 25.0 Å². The van der Waals surface area contributed by atoms with E-state index in [0.29, 0.717) is 29.0 Å². The highest BCUT2D eigenvalue weighted by Gasteiger charge is 2.53. The van der Waals surface area contributed by atoms with Crippen LogP contribution in [0.15, 0.2) is 24.3 Å². The van der Waals surface area contributed by atoms with Gasteiger partial charge in [0.05, 0.1) is 11.6 Å². The van der Waals surface area contributed by atoms with Crippen molar-refractivity contribution in [3.05, 3.63) is 35.4 Å².